The summed E-state index contributed by atoms with van der Waals surface area (Å²) in [7, 11) is -2.93. The van der Waals surface area contributed by atoms with E-state index >= 15 is 4.79 Å². The van der Waals surface area contributed by atoms with Crippen LogP contribution >= 0.6 is 0 Å². The quantitative estimate of drug-likeness (QED) is 0.0729. The Bertz CT molecular complexity index is 1990. The minimum Gasteiger partial charge on any atom is -0.432 e. The van der Waals surface area contributed by atoms with Crippen LogP contribution in [0.3, 0.4) is 0 Å². The van der Waals surface area contributed by atoms with Gasteiger partial charge in [0.2, 0.25) is 6.41 Å². The molecule has 1 aromatic heterocycles. The number of anilines is 3. The van der Waals surface area contributed by atoms with E-state index in [2.05, 4.69) is 43.2 Å². The summed E-state index contributed by atoms with van der Waals surface area (Å²) in [4.78, 5) is 42.8. The van der Waals surface area contributed by atoms with Gasteiger partial charge in [-0.2, -0.15) is 0 Å². The second-order valence-corrected chi connectivity index (χ2v) is 19.5. The van der Waals surface area contributed by atoms with E-state index in [1.54, 1.807) is 9.58 Å². The molecule has 0 bridgehead atoms. The van der Waals surface area contributed by atoms with Crippen LogP contribution in [0.1, 0.15) is 69.7 Å². The molecule has 4 aromatic rings. The Hall–Kier alpha value is -4.68. The number of fused-ring (bicyclic) bond motifs is 2. The molecule has 3 aromatic carbocycles. The molecule has 2 N–H and O–H groups in total. The van der Waals surface area contributed by atoms with Crippen molar-refractivity contribution in [2.75, 3.05) is 23.0 Å². The molecule has 2 aliphatic heterocycles. The summed E-state index contributed by atoms with van der Waals surface area (Å²) in [5.74, 6) is -0.828. The number of benzene rings is 3. The molecule has 1 unspecified atom stereocenters. The maximum Gasteiger partial charge on any atom is 0.264 e. The molecule has 284 valence electrons. The number of aryl methyl sites for hydroxylation is 1. The average Bonchev–Trinajstić information content (AvgIpc) is 3.81. The second kappa shape index (κ2) is 16.4. The molecule has 11 heteroatoms. The number of aliphatic hydroxyl groups excluding tert-OH is 1. The number of rotatable bonds is 15. The molecule has 2 aliphatic rings. The van der Waals surface area contributed by atoms with E-state index in [0.29, 0.717) is 42.1 Å². The molecule has 10 nitrogen and oxygen atoms in total. The minimum absolute atomic E-state index is 0.100. The molecule has 0 saturated carbocycles. The molecule has 3 heterocycles. The Labute approximate surface area is 319 Å². The van der Waals surface area contributed by atoms with Gasteiger partial charge in [-0.05, 0) is 89.0 Å². The summed E-state index contributed by atoms with van der Waals surface area (Å²) < 4.78 is 8.87. The SMILES string of the molecule is CC(C)=CCC/C(C)=C/CN1C(=O)[C@@]2(O[C@@H](CCn3cc(C(CO)c4ccccc4)nn3)[C@H]([Si](C)(C)O)[C@H]2C)c2cc(N(C=O)c3ccccc3)ccc21. The van der Waals surface area contributed by atoms with E-state index in [1.165, 1.54) is 11.1 Å². The van der Waals surface area contributed by atoms with Crippen molar-refractivity contribution in [3.05, 3.63) is 125 Å². The van der Waals surface area contributed by atoms with Crippen LogP contribution in [-0.4, -0.2) is 64.8 Å². The number of aliphatic hydroxyl groups is 1. The summed E-state index contributed by atoms with van der Waals surface area (Å²) in [6.07, 6.45) is 8.84. The van der Waals surface area contributed by atoms with Crippen molar-refractivity contribution in [2.24, 2.45) is 5.92 Å². The molecular weight excluding hydrogens is 695 g/mol. The third-order valence-electron chi connectivity index (χ3n) is 11.0. The van der Waals surface area contributed by atoms with Gasteiger partial charge in [0.1, 0.15) is 0 Å². The fraction of sp³-hybridized carbons (Fsp3) is 0.395. The van der Waals surface area contributed by atoms with Gasteiger partial charge in [0.25, 0.3) is 5.91 Å². The van der Waals surface area contributed by atoms with E-state index in [0.717, 1.165) is 30.5 Å². The highest BCUT2D eigenvalue weighted by molar-refractivity contribution is 6.71. The van der Waals surface area contributed by atoms with Crippen LogP contribution in [0.15, 0.2) is 108 Å². The average molecular weight is 748 g/mol. The Morgan fingerprint density at radius 3 is 2.37 bits per heavy atom. The Balaban J connectivity index is 1.35. The first-order valence-electron chi connectivity index (χ1n) is 18.9. The molecule has 0 aliphatic carbocycles. The van der Waals surface area contributed by atoms with Crippen LogP contribution in [0, 0.1) is 5.92 Å². The van der Waals surface area contributed by atoms with Crippen molar-refractivity contribution >= 4 is 37.7 Å². The molecule has 2 amide bonds. The van der Waals surface area contributed by atoms with E-state index in [4.69, 9.17) is 4.74 Å². The highest BCUT2D eigenvalue weighted by atomic mass is 28.4. The van der Waals surface area contributed by atoms with Crippen molar-refractivity contribution < 1.29 is 24.2 Å². The van der Waals surface area contributed by atoms with Crippen molar-refractivity contribution in [3.63, 3.8) is 0 Å². The molecule has 0 radical (unpaired) electrons. The van der Waals surface area contributed by atoms with Crippen LogP contribution in [0.4, 0.5) is 17.1 Å². The standard InChI is InChI=1S/C43H53N5O5Si/c1-30(2)14-13-15-31(3)22-25-47-39-21-20-35(48(29-50)34-18-11-8-12-19-34)26-37(39)43(42(47)51)32(4)41(54(5,6)52)40(53-43)23-24-46-27-38(44-45-46)36(28-49)33-16-9-7-10-17-33/h7-12,14,16-22,26-27,29,32,36,40-41,49,52H,13,15,23-25,28H2,1-6H3/b31-22+/t32-,36?,40+,41-,43+/m1/s1. The largest absolute Gasteiger partial charge is 0.432 e. The molecule has 6 rings (SSSR count). The smallest absolute Gasteiger partial charge is 0.264 e. The summed E-state index contributed by atoms with van der Waals surface area (Å²) in [5.41, 5.74) is 5.23. The number of hydrogen-bond acceptors (Lipinski definition) is 7. The van der Waals surface area contributed by atoms with Crippen molar-refractivity contribution in [1.82, 2.24) is 15.0 Å². The van der Waals surface area contributed by atoms with Crippen LogP contribution < -0.4 is 9.80 Å². The van der Waals surface area contributed by atoms with Gasteiger partial charge >= 0.3 is 0 Å². The third-order valence-corrected chi connectivity index (χ3v) is 13.5. The summed E-state index contributed by atoms with van der Waals surface area (Å²) in [6, 6.07) is 24.9. The highest BCUT2D eigenvalue weighted by Gasteiger charge is 2.66. The minimum atomic E-state index is -2.93. The summed E-state index contributed by atoms with van der Waals surface area (Å²) >= 11 is 0. The fourth-order valence-corrected chi connectivity index (χ4v) is 11.0. The predicted octanol–water partition coefficient (Wildman–Crippen LogP) is 7.62. The van der Waals surface area contributed by atoms with Crippen molar-refractivity contribution in [3.8, 4) is 0 Å². The number of hydrogen-bond donors (Lipinski definition) is 2. The molecular formula is C43H53N5O5Si. The summed E-state index contributed by atoms with van der Waals surface area (Å²) in [5, 5.41) is 19.0. The normalized spacial score (nSPS) is 21.7. The number of nitrogens with zero attached hydrogens (tertiary/aromatic N) is 5. The summed E-state index contributed by atoms with van der Waals surface area (Å²) in [6.45, 7) is 12.9. The van der Waals surface area contributed by atoms with Crippen LogP contribution in [0.2, 0.25) is 18.6 Å². The van der Waals surface area contributed by atoms with E-state index < -0.39 is 20.0 Å². The van der Waals surface area contributed by atoms with Crippen LogP contribution in [0.25, 0.3) is 0 Å². The van der Waals surface area contributed by atoms with Gasteiger partial charge in [0, 0.05) is 47.7 Å². The van der Waals surface area contributed by atoms with Gasteiger partial charge < -0.3 is 19.5 Å². The number of allylic oxidation sites excluding steroid dienone is 3. The monoisotopic (exact) mass is 747 g/mol. The Morgan fingerprint density at radius 1 is 1.02 bits per heavy atom. The molecule has 5 atom stereocenters. The van der Waals surface area contributed by atoms with Crippen molar-refractivity contribution in [2.45, 2.75) is 89.8 Å². The molecule has 54 heavy (non-hydrogen) atoms. The van der Waals surface area contributed by atoms with Crippen LogP contribution in [0.5, 0.6) is 0 Å². The first-order chi connectivity index (χ1) is 25.9. The highest BCUT2D eigenvalue weighted by Crippen LogP contribution is 2.60. The number of aromatic nitrogens is 3. The van der Waals surface area contributed by atoms with Gasteiger partial charge in [0.05, 0.1) is 30.0 Å². The number of carbonyl (C=O) groups excluding carboxylic acids is 2. The lowest BCUT2D eigenvalue weighted by atomic mass is 9.82. The zero-order valence-corrected chi connectivity index (χ0v) is 33.2. The lowest BCUT2D eigenvalue weighted by Crippen LogP contribution is -2.46. The zero-order chi connectivity index (χ0) is 38.6. The maximum atomic E-state index is 15.0. The van der Waals surface area contributed by atoms with Gasteiger partial charge in [-0.15, -0.1) is 5.10 Å². The number of para-hydroxylation sites is 1. The van der Waals surface area contributed by atoms with Gasteiger partial charge in [-0.3, -0.25) is 19.2 Å². The predicted molar refractivity (Wildman–Crippen MR) is 215 cm³/mol. The second-order valence-electron chi connectivity index (χ2n) is 15.5. The number of amides is 2. The number of ether oxygens (including phenoxy) is 1. The van der Waals surface area contributed by atoms with E-state index in [-0.39, 0.29) is 29.9 Å². The van der Waals surface area contributed by atoms with E-state index in [9.17, 15) is 14.7 Å². The zero-order valence-electron chi connectivity index (χ0n) is 32.2. The Morgan fingerprint density at radius 2 is 1.72 bits per heavy atom. The number of carbonyl (C=O) groups is 2. The molecule has 1 saturated heterocycles. The lowest BCUT2D eigenvalue weighted by molar-refractivity contribution is -0.145. The molecule has 1 fully saturated rings. The van der Waals surface area contributed by atoms with Crippen LogP contribution in [-0.2, 0) is 26.5 Å². The lowest BCUT2D eigenvalue weighted by Gasteiger charge is -2.32. The maximum absolute atomic E-state index is 15.0. The molecule has 1 spiro atoms. The van der Waals surface area contributed by atoms with E-state index in [1.807, 2.05) is 110 Å². The fourth-order valence-electron chi connectivity index (χ4n) is 8.36. The third kappa shape index (κ3) is 7.77. The first-order valence-corrected chi connectivity index (χ1v) is 21.9. The Kier molecular flexibility index (Phi) is 11.8. The van der Waals surface area contributed by atoms with Gasteiger partial charge in [-0.25, -0.2) is 0 Å². The first kappa shape index (κ1) is 39.0. The van der Waals surface area contributed by atoms with Crippen molar-refractivity contribution in [1.29, 1.82) is 0 Å². The topological polar surface area (TPSA) is 121 Å². The van der Waals surface area contributed by atoms with Gasteiger partial charge in [0.15, 0.2) is 13.9 Å². The van der Waals surface area contributed by atoms with Gasteiger partial charge in [-0.1, -0.05) is 84.0 Å².